The van der Waals surface area contributed by atoms with Crippen molar-refractivity contribution >= 4 is 5.70 Å². The molecule has 0 amide bonds. The molecule has 0 fully saturated rings. The summed E-state index contributed by atoms with van der Waals surface area (Å²) in [6, 6.07) is 8.43. The third kappa shape index (κ3) is 9.25. The van der Waals surface area contributed by atoms with Gasteiger partial charge in [0.1, 0.15) is 5.75 Å². The third-order valence-electron chi connectivity index (χ3n) is 5.56. The van der Waals surface area contributed by atoms with Crippen LogP contribution in [0.2, 0.25) is 0 Å². The van der Waals surface area contributed by atoms with Gasteiger partial charge >= 0.3 is 0 Å². The van der Waals surface area contributed by atoms with E-state index in [1.165, 1.54) is 56.2 Å². The summed E-state index contributed by atoms with van der Waals surface area (Å²) in [5.41, 5.74) is 5.82. The van der Waals surface area contributed by atoms with Gasteiger partial charge in [-0.3, -0.25) is 5.01 Å². The summed E-state index contributed by atoms with van der Waals surface area (Å²) in [7, 11) is 0. The molecule has 0 aromatic heterocycles. The highest BCUT2D eigenvalue weighted by Gasteiger charge is 2.12. The molecule has 0 unspecified atom stereocenters. The van der Waals surface area contributed by atoms with Crippen molar-refractivity contribution in [2.45, 2.75) is 72.1 Å². The second-order valence-electron chi connectivity index (χ2n) is 8.27. The van der Waals surface area contributed by atoms with Gasteiger partial charge in [-0.25, -0.2) is 0 Å². The molecule has 2 rings (SSSR count). The van der Waals surface area contributed by atoms with Gasteiger partial charge in [-0.1, -0.05) is 59.3 Å². The SMILES string of the molecule is CCCCCCCCN1NC=CC=C1c1ccc(OCCCOC[C@@H](C)CC)cc1. The van der Waals surface area contributed by atoms with Gasteiger partial charge in [0.25, 0.3) is 0 Å². The maximum atomic E-state index is 5.88. The van der Waals surface area contributed by atoms with Crippen molar-refractivity contribution in [1.29, 1.82) is 0 Å². The van der Waals surface area contributed by atoms with E-state index in [1.807, 2.05) is 6.20 Å². The van der Waals surface area contributed by atoms with E-state index in [2.05, 4.69) is 67.6 Å². The van der Waals surface area contributed by atoms with Crippen LogP contribution in [0.15, 0.2) is 42.6 Å². The summed E-state index contributed by atoms with van der Waals surface area (Å²) in [6.07, 6.45) is 16.2. The van der Waals surface area contributed by atoms with Crippen LogP contribution in [0.4, 0.5) is 0 Å². The Labute approximate surface area is 184 Å². The van der Waals surface area contributed by atoms with Crippen molar-refractivity contribution in [3.8, 4) is 5.75 Å². The first-order valence-electron chi connectivity index (χ1n) is 12.0. The first kappa shape index (κ1) is 24.3. The monoisotopic (exact) mass is 414 g/mol. The Hall–Kier alpha value is -1.94. The van der Waals surface area contributed by atoms with Crippen LogP contribution < -0.4 is 10.2 Å². The second kappa shape index (κ2) is 15.0. The van der Waals surface area contributed by atoms with Crippen LogP contribution >= 0.6 is 0 Å². The van der Waals surface area contributed by atoms with Crippen molar-refractivity contribution in [1.82, 2.24) is 10.4 Å². The Morgan fingerprint density at radius 2 is 1.70 bits per heavy atom. The minimum absolute atomic E-state index is 0.637. The number of allylic oxidation sites excluding steroid dienone is 2. The molecule has 0 bridgehead atoms. The molecule has 1 aromatic rings. The molecule has 0 spiro atoms. The van der Waals surface area contributed by atoms with Crippen molar-refractivity contribution in [2.75, 3.05) is 26.4 Å². The molecule has 1 atom stereocenters. The van der Waals surface area contributed by atoms with Crippen molar-refractivity contribution in [3.05, 3.63) is 48.2 Å². The van der Waals surface area contributed by atoms with Gasteiger partial charge in [-0.05, 0) is 54.3 Å². The van der Waals surface area contributed by atoms with Crippen LogP contribution in [0, 0.1) is 5.92 Å². The maximum Gasteiger partial charge on any atom is 0.119 e. The van der Waals surface area contributed by atoms with E-state index in [1.54, 1.807) is 0 Å². The smallest absolute Gasteiger partial charge is 0.119 e. The van der Waals surface area contributed by atoms with Gasteiger partial charge < -0.3 is 14.9 Å². The number of hydrogen-bond acceptors (Lipinski definition) is 4. The van der Waals surface area contributed by atoms with E-state index >= 15 is 0 Å². The zero-order chi connectivity index (χ0) is 21.4. The molecular formula is C26H42N2O2. The molecule has 1 aliphatic rings. The van der Waals surface area contributed by atoms with E-state index in [9.17, 15) is 0 Å². The molecule has 0 aliphatic carbocycles. The van der Waals surface area contributed by atoms with E-state index in [-0.39, 0.29) is 0 Å². The molecule has 1 aromatic carbocycles. The van der Waals surface area contributed by atoms with Crippen LogP contribution in [0.3, 0.4) is 0 Å². The van der Waals surface area contributed by atoms with Gasteiger partial charge in [0, 0.05) is 32.4 Å². The fraction of sp³-hybridized carbons (Fsp3) is 0.615. The summed E-state index contributed by atoms with van der Waals surface area (Å²) in [5.74, 6) is 1.56. The molecule has 4 heteroatoms. The lowest BCUT2D eigenvalue weighted by Crippen LogP contribution is -2.35. The van der Waals surface area contributed by atoms with Crippen LogP contribution in [0.5, 0.6) is 5.75 Å². The fourth-order valence-electron chi connectivity index (χ4n) is 3.39. The molecule has 0 saturated carbocycles. The number of hydrazine groups is 1. The summed E-state index contributed by atoms with van der Waals surface area (Å²) in [5, 5.41) is 2.25. The van der Waals surface area contributed by atoms with Gasteiger partial charge in [-0.15, -0.1) is 0 Å². The van der Waals surface area contributed by atoms with Crippen LogP contribution in [0.25, 0.3) is 5.70 Å². The number of benzene rings is 1. The van der Waals surface area contributed by atoms with Gasteiger partial charge in [0.15, 0.2) is 0 Å². The second-order valence-corrected chi connectivity index (χ2v) is 8.27. The first-order chi connectivity index (χ1) is 14.7. The van der Waals surface area contributed by atoms with E-state index in [4.69, 9.17) is 9.47 Å². The van der Waals surface area contributed by atoms with Gasteiger partial charge in [0.05, 0.1) is 12.3 Å². The average molecular weight is 415 g/mol. The van der Waals surface area contributed by atoms with Crippen LogP contribution in [-0.2, 0) is 4.74 Å². The first-order valence-corrected chi connectivity index (χ1v) is 12.0. The molecule has 0 saturated heterocycles. The topological polar surface area (TPSA) is 33.7 Å². The highest BCUT2D eigenvalue weighted by Crippen LogP contribution is 2.23. The Bertz CT molecular complexity index is 624. The highest BCUT2D eigenvalue weighted by molar-refractivity contribution is 5.66. The molecule has 1 heterocycles. The average Bonchev–Trinajstić information content (AvgIpc) is 2.79. The minimum atomic E-state index is 0.637. The van der Waals surface area contributed by atoms with Crippen molar-refractivity contribution in [2.24, 2.45) is 5.92 Å². The zero-order valence-electron chi connectivity index (χ0n) is 19.4. The van der Waals surface area contributed by atoms with E-state index in [0.717, 1.165) is 31.9 Å². The quantitative estimate of drug-likeness (QED) is 0.311. The van der Waals surface area contributed by atoms with Gasteiger partial charge in [-0.2, -0.15) is 0 Å². The van der Waals surface area contributed by atoms with Gasteiger partial charge in [0.2, 0.25) is 0 Å². The lowest BCUT2D eigenvalue weighted by molar-refractivity contribution is 0.0926. The zero-order valence-corrected chi connectivity index (χ0v) is 19.4. The Morgan fingerprint density at radius 1 is 0.933 bits per heavy atom. The van der Waals surface area contributed by atoms with Crippen molar-refractivity contribution < 1.29 is 9.47 Å². The minimum Gasteiger partial charge on any atom is -0.494 e. The summed E-state index contributed by atoms with van der Waals surface area (Å²) in [4.78, 5) is 0. The number of nitrogens with one attached hydrogen (secondary N) is 1. The predicted octanol–water partition coefficient (Wildman–Crippen LogP) is 6.55. The summed E-state index contributed by atoms with van der Waals surface area (Å²) < 4.78 is 11.6. The molecule has 30 heavy (non-hydrogen) atoms. The molecule has 0 radical (unpaired) electrons. The van der Waals surface area contributed by atoms with E-state index < -0.39 is 0 Å². The molecule has 4 nitrogen and oxygen atoms in total. The Balaban J connectivity index is 1.72. The lowest BCUT2D eigenvalue weighted by atomic mass is 10.1. The summed E-state index contributed by atoms with van der Waals surface area (Å²) in [6.45, 7) is 10.0. The predicted molar refractivity (Wildman–Crippen MR) is 127 cm³/mol. The number of ether oxygens (including phenoxy) is 2. The largest absolute Gasteiger partial charge is 0.494 e. The third-order valence-corrected chi connectivity index (χ3v) is 5.56. The number of unbranched alkanes of at least 4 members (excludes halogenated alkanes) is 5. The maximum absolute atomic E-state index is 5.88. The Morgan fingerprint density at radius 3 is 2.47 bits per heavy atom. The van der Waals surface area contributed by atoms with Crippen LogP contribution in [-0.4, -0.2) is 31.4 Å². The fourth-order valence-corrected chi connectivity index (χ4v) is 3.39. The van der Waals surface area contributed by atoms with Crippen molar-refractivity contribution in [3.63, 3.8) is 0 Å². The molecule has 1 N–H and O–H groups in total. The molecular weight excluding hydrogens is 372 g/mol. The Kier molecular flexibility index (Phi) is 12.1. The molecule has 1 aliphatic heterocycles. The normalized spacial score (nSPS) is 14.4. The standard InChI is InChI=1S/C26H42N2O2/c1-4-6-7-8-9-10-19-28-26(13-11-18-27-28)24-14-16-25(17-15-24)30-21-12-20-29-22-23(3)5-2/h11,13-18,23,27H,4-10,12,19-22H2,1-3H3/t23-/m0/s1. The van der Waals surface area contributed by atoms with E-state index in [0.29, 0.717) is 12.5 Å². The van der Waals surface area contributed by atoms with Crippen LogP contribution in [0.1, 0.15) is 77.7 Å². The number of hydrogen-bond donors (Lipinski definition) is 1. The highest BCUT2D eigenvalue weighted by atomic mass is 16.5. The summed E-state index contributed by atoms with van der Waals surface area (Å²) >= 11 is 0. The lowest BCUT2D eigenvalue weighted by Gasteiger charge is -2.29. The number of nitrogens with zero attached hydrogens (tertiary/aromatic N) is 1. The molecule has 168 valence electrons. The number of rotatable bonds is 16.